The van der Waals surface area contributed by atoms with E-state index in [1.165, 1.54) is 18.4 Å². The minimum atomic E-state index is 0.177. The summed E-state index contributed by atoms with van der Waals surface area (Å²) in [6.45, 7) is 7.52. The molecule has 0 aromatic heterocycles. The van der Waals surface area contributed by atoms with E-state index in [1.807, 2.05) is 6.07 Å². The molecule has 1 fully saturated rings. The Morgan fingerprint density at radius 1 is 1.41 bits per heavy atom. The number of ether oxygens (including phenoxy) is 1. The molecule has 2 heteroatoms. The van der Waals surface area contributed by atoms with Crippen LogP contribution in [-0.2, 0) is 5.54 Å². The lowest BCUT2D eigenvalue weighted by atomic mass is 9.86. The van der Waals surface area contributed by atoms with Crippen LogP contribution in [0.5, 0.6) is 5.75 Å². The Kier molecular flexibility index (Phi) is 3.72. The summed E-state index contributed by atoms with van der Waals surface area (Å²) >= 11 is 0. The van der Waals surface area contributed by atoms with Gasteiger partial charge in [-0.05, 0) is 57.4 Å². The van der Waals surface area contributed by atoms with Crippen LogP contribution in [0.15, 0.2) is 24.3 Å². The van der Waals surface area contributed by atoms with Gasteiger partial charge in [0.1, 0.15) is 5.75 Å². The van der Waals surface area contributed by atoms with E-state index in [4.69, 9.17) is 4.74 Å². The van der Waals surface area contributed by atoms with Gasteiger partial charge in [-0.15, -0.1) is 0 Å². The molecule has 1 aromatic carbocycles. The molecule has 1 N–H and O–H groups in total. The van der Waals surface area contributed by atoms with Gasteiger partial charge < -0.3 is 10.1 Å². The summed E-state index contributed by atoms with van der Waals surface area (Å²) < 4.78 is 5.78. The van der Waals surface area contributed by atoms with Gasteiger partial charge in [-0.1, -0.05) is 19.1 Å². The summed E-state index contributed by atoms with van der Waals surface area (Å²) in [4.78, 5) is 0. The predicted molar refractivity (Wildman–Crippen MR) is 71.4 cm³/mol. The van der Waals surface area contributed by atoms with E-state index in [0.717, 1.165) is 18.7 Å². The smallest absolute Gasteiger partial charge is 0.120 e. The van der Waals surface area contributed by atoms with Crippen molar-refractivity contribution in [2.75, 3.05) is 6.54 Å². The molecule has 2 nitrogen and oxygen atoms in total. The van der Waals surface area contributed by atoms with Gasteiger partial charge in [0.2, 0.25) is 0 Å². The first kappa shape index (κ1) is 12.4. The van der Waals surface area contributed by atoms with Gasteiger partial charge in [0.25, 0.3) is 0 Å². The third-order valence-corrected chi connectivity index (χ3v) is 3.61. The molecule has 0 spiro atoms. The monoisotopic (exact) mass is 233 g/mol. The minimum absolute atomic E-state index is 0.177. The van der Waals surface area contributed by atoms with Gasteiger partial charge in [0, 0.05) is 5.54 Å². The predicted octanol–water partition coefficient (Wildman–Crippen LogP) is 3.46. The van der Waals surface area contributed by atoms with Crippen LogP contribution in [0.2, 0.25) is 0 Å². The van der Waals surface area contributed by atoms with Crippen LogP contribution in [0.3, 0.4) is 0 Å². The topological polar surface area (TPSA) is 21.3 Å². The fraction of sp³-hybridized carbons (Fsp3) is 0.600. The molecule has 1 aliphatic heterocycles. The summed E-state index contributed by atoms with van der Waals surface area (Å²) in [7, 11) is 0. The number of nitrogens with one attached hydrogen (secondary N) is 1. The third-order valence-electron chi connectivity index (χ3n) is 3.61. The van der Waals surface area contributed by atoms with Gasteiger partial charge >= 0.3 is 0 Å². The molecule has 0 bridgehead atoms. The summed E-state index contributed by atoms with van der Waals surface area (Å²) in [5, 5.41) is 3.66. The molecule has 0 radical (unpaired) electrons. The first-order valence-corrected chi connectivity index (χ1v) is 6.68. The molecular weight excluding hydrogens is 210 g/mol. The second-order valence-electron chi connectivity index (χ2n) is 5.16. The highest BCUT2D eigenvalue weighted by Crippen LogP contribution is 2.35. The van der Waals surface area contributed by atoms with Crippen LogP contribution in [0, 0.1) is 0 Å². The SMILES string of the molecule is CCC1(c2cccc(OC(C)C)c2)CCCN1. The highest BCUT2D eigenvalue weighted by Gasteiger charge is 2.33. The Morgan fingerprint density at radius 2 is 2.24 bits per heavy atom. The van der Waals surface area contributed by atoms with Crippen LogP contribution >= 0.6 is 0 Å². The van der Waals surface area contributed by atoms with Gasteiger partial charge in [-0.25, -0.2) is 0 Å². The average molecular weight is 233 g/mol. The van der Waals surface area contributed by atoms with Gasteiger partial charge in [-0.2, -0.15) is 0 Å². The molecule has 94 valence electrons. The maximum Gasteiger partial charge on any atom is 0.120 e. The molecule has 1 atom stereocenters. The Labute approximate surface area is 104 Å². The van der Waals surface area contributed by atoms with Crippen LogP contribution in [0.4, 0.5) is 0 Å². The van der Waals surface area contributed by atoms with Gasteiger partial charge in [0.15, 0.2) is 0 Å². The first-order chi connectivity index (χ1) is 8.16. The highest BCUT2D eigenvalue weighted by molar-refractivity contribution is 5.34. The number of rotatable bonds is 4. The molecule has 17 heavy (non-hydrogen) atoms. The number of benzene rings is 1. The molecule has 0 aliphatic carbocycles. The second-order valence-corrected chi connectivity index (χ2v) is 5.16. The first-order valence-electron chi connectivity index (χ1n) is 6.68. The van der Waals surface area contributed by atoms with E-state index < -0.39 is 0 Å². The van der Waals surface area contributed by atoms with Crippen molar-refractivity contribution in [2.45, 2.75) is 51.7 Å². The van der Waals surface area contributed by atoms with Crippen LogP contribution in [0.1, 0.15) is 45.6 Å². The van der Waals surface area contributed by atoms with Crippen molar-refractivity contribution >= 4 is 0 Å². The summed E-state index contributed by atoms with van der Waals surface area (Å²) in [6.07, 6.45) is 3.87. The van der Waals surface area contributed by atoms with Crippen molar-refractivity contribution < 1.29 is 4.74 Å². The number of hydrogen-bond donors (Lipinski definition) is 1. The van der Waals surface area contributed by atoms with Crippen molar-refractivity contribution in [3.05, 3.63) is 29.8 Å². The summed E-state index contributed by atoms with van der Waals surface area (Å²) in [5.74, 6) is 0.985. The Morgan fingerprint density at radius 3 is 2.82 bits per heavy atom. The lowest BCUT2D eigenvalue weighted by Crippen LogP contribution is -2.35. The van der Waals surface area contributed by atoms with E-state index >= 15 is 0 Å². The maximum atomic E-state index is 5.78. The minimum Gasteiger partial charge on any atom is -0.491 e. The zero-order valence-corrected chi connectivity index (χ0v) is 11.1. The Bertz CT molecular complexity index is 367. The van der Waals surface area contributed by atoms with E-state index in [2.05, 4.69) is 44.3 Å². The maximum absolute atomic E-state index is 5.78. The lowest BCUT2D eigenvalue weighted by molar-refractivity contribution is 0.241. The quantitative estimate of drug-likeness (QED) is 0.860. The van der Waals surface area contributed by atoms with Crippen LogP contribution < -0.4 is 10.1 Å². The third kappa shape index (κ3) is 2.63. The molecule has 0 amide bonds. The van der Waals surface area contributed by atoms with Crippen molar-refractivity contribution in [3.8, 4) is 5.75 Å². The molecule has 1 unspecified atom stereocenters. The van der Waals surface area contributed by atoms with E-state index in [-0.39, 0.29) is 11.6 Å². The zero-order chi connectivity index (χ0) is 12.3. The van der Waals surface area contributed by atoms with Crippen molar-refractivity contribution in [1.82, 2.24) is 5.32 Å². The molecule has 1 heterocycles. The molecule has 1 saturated heterocycles. The van der Waals surface area contributed by atoms with E-state index in [1.54, 1.807) is 0 Å². The largest absolute Gasteiger partial charge is 0.491 e. The van der Waals surface area contributed by atoms with Gasteiger partial charge in [0.05, 0.1) is 6.10 Å². The fourth-order valence-electron chi connectivity index (χ4n) is 2.70. The molecule has 1 aromatic rings. The molecule has 1 aliphatic rings. The summed E-state index contributed by atoms with van der Waals surface area (Å²) in [6, 6.07) is 8.56. The van der Waals surface area contributed by atoms with Crippen molar-refractivity contribution in [1.29, 1.82) is 0 Å². The number of hydrogen-bond acceptors (Lipinski definition) is 2. The highest BCUT2D eigenvalue weighted by atomic mass is 16.5. The normalized spacial score (nSPS) is 24.2. The standard InChI is InChI=1S/C15H23NO/c1-4-15(9-6-10-16-15)13-7-5-8-14(11-13)17-12(2)3/h5,7-8,11-12,16H,4,6,9-10H2,1-3H3. The average Bonchev–Trinajstić information content (AvgIpc) is 2.78. The fourth-order valence-corrected chi connectivity index (χ4v) is 2.70. The molecule has 2 rings (SSSR count). The van der Waals surface area contributed by atoms with Crippen LogP contribution in [0.25, 0.3) is 0 Å². The van der Waals surface area contributed by atoms with E-state index in [0.29, 0.717) is 0 Å². The molecular formula is C15H23NO. The van der Waals surface area contributed by atoms with E-state index in [9.17, 15) is 0 Å². The summed E-state index contributed by atoms with van der Waals surface area (Å²) in [5.41, 5.74) is 1.55. The molecule has 0 saturated carbocycles. The Hall–Kier alpha value is -1.02. The zero-order valence-electron chi connectivity index (χ0n) is 11.1. The van der Waals surface area contributed by atoms with Crippen LogP contribution in [-0.4, -0.2) is 12.6 Å². The lowest BCUT2D eigenvalue weighted by Gasteiger charge is -2.29. The van der Waals surface area contributed by atoms with Crippen molar-refractivity contribution in [2.24, 2.45) is 0 Å². The second kappa shape index (κ2) is 5.09. The Balaban J connectivity index is 2.25. The van der Waals surface area contributed by atoms with Crippen molar-refractivity contribution in [3.63, 3.8) is 0 Å². The van der Waals surface area contributed by atoms with Gasteiger partial charge in [-0.3, -0.25) is 0 Å².